The molecule has 10 heteroatoms. The Morgan fingerprint density at radius 3 is 2.46 bits per heavy atom. The number of nitrogens with zero attached hydrogens (tertiary/aromatic N) is 3. The van der Waals surface area contributed by atoms with Crippen molar-refractivity contribution in [2.45, 2.75) is 56.8 Å². The van der Waals surface area contributed by atoms with E-state index in [2.05, 4.69) is 15.1 Å². The number of carboxylic acids is 1. The Morgan fingerprint density at radius 1 is 1.09 bits per heavy atom. The Morgan fingerprint density at radius 2 is 1.80 bits per heavy atom. The number of piperazine rings is 1. The van der Waals surface area contributed by atoms with E-state index < -0.39 is 23.6 Å². The third-order valence-corrected chi connectivity index (χ3v) is 8.05. The van der Waals surface area contributed by atoms with Crippen LogP contribution in [0.25, 0.3) is 0 Å². The first kappa shape index (κ1) is 23.7. The Hall–Kier alpha value is -3.01. The van der Waals surface area contributed by atoms with Gasteiger partial charge >= 0.3 is 5.97 Å². The fourth-order valence-corrected chi connectivity index (χ4v) is 5.82. The fraction of sp³-hybridized carbons (Fsp3) is 0.600. The molecule has 1 aliphatic carbocycles. The first-order chi connectivity index (χ1) is 16.7. The minimum Gasteiger partial charge on any atom is -0.479 e. The van der Waals surface area contributed by atoms with Gasteiger partial charge in [0.2, 0.25) is 17.5 Å². The van der Waals surface area contributed by atoms with Crippen LogP contribution < -0.4 is 10.2 Å². The molecule has 0 spiro atoms. The highest BCUT2D eigenvalue weighted by Gasteiger charge is 2.43. The van der Waals surface area contributed by atoms with E-state index in [9.17, 15) is 23.6 Å². The Labute approximate surface area is 203 Å². The third-order valence-electron chi connectivity index (χ3n) is 8.05. The van der Waals surface area contributed by atoms with Crippen molar-refractivity contribution in [1.29, 1.82) is 0 Å². The van der Waals surface area contributed by atoms with Gasteiger partial charge in [0.15, 0.2) is 0 Å². The highest BCUT2D eigenvalue weighted by molar-refractivity contribution is 6.05. The average Bonchev–Trinajstić information content (AvgIpc) is 3.16. The number of nitrogens with one attached hydrogen (secondary N) is 1. The second kappa shape index (κ2) is 9.22. The van der Waals surface area contributed by atoms with Crippen LogP contribution in [0, 0.1) is 5.92 Å². The first-order valence-electron chi connectivity index (χ1n) is 12.4. The van der Waals surface area contributed by atoms with E-state index in [-0.39, 0.29) is 31.1 Å². The van der Waals surface area contributed by atoms with Gasteiger partial charge in [0.05, 0.1) is 0 Å². The summed E-state index contributed by atoms with van der Waals surface area (Å²) in [6.45, 7) is 4.54. The molecule has 0 unspecified atom stereocenters. The predicted octanol–water partition coefficient (Wildman–Crippen LogP) is 1.55. The van der Waals surface area contributed by atoms with Crippen LogP contribution in [-0.4, -0.2) is 83.0 Å². The molecule has 1 saturated carbocycles. The normalized spacial score (nSPS) is 29.8. The molecule has 1 aromatic rings. The molecule has 4 aliphatic rings. The zero-order valence-corrected chi connectivity index (χ0v) is 19.7. The van der Waals surface area contributed by atoms with Crippen molar-refractivity contribution >= 4 is 29.4 Å². The predicted molar refractivity (Wildman–Crippen MR) is 125 cm³/mol. The molecule has 188 valence electrons. The van der Waals surface area contributed by atoms with E-state index >= 15 is 0 Å². The maximum atomic E-state index is 14.3. The van der Waals surface area contributed by atoms with Crippen LogP contribution in [-0.2, 0) is 20.9 Å². The maximum Gasteiger partial charge on any atom is 0.341 e. The van der Waals surface area contributed by atoms with Crippen molar-refractivity contribution in [3.8, 4) is 0 Å². The molecule has 9 nitrogen and oxygen atoms in total. The Bertz CT molecular complexity index is 1050. The largest absolute Gasteiger partial charge is 0.479 e. The molecule has 0 radical (unpaired) electrons. The van der Waals surface area contributed by atoms with Crippen LogP contribution in [0.1, 0.15) is 54.4 Å². The van der Waals surface area contributed by atoms with Crippen LogP contribution in [0.2, 0.25) is 0 Å². The summed E-state index contributed by atoms with van der Waals surface area (Å²) < 4.78 is 14.3. The quantitative estimate of drug-likeness (QED) is 0.608. The SMILES string of the molecule is O=C1CC[C@H](N2Cc3ccc(N4CCN(CC5CCC(F)(C(=O)O)CC5)CC4)cc3C2=O)C(=O)N1. The molecule has 2 saturated heterocycles. The number of imide groups is 1. The van der Waals surface area contributed by atoms with Gasteiger partial charge in [-0.05, 0) is 55.7 Å². The molecule has 1 aromatic carbocycles. The average molecular weight is 487 g/mol. The fourth-order valence-electron chi connectivity index (χ4n) is 5.82. The summed E-state index contributed by atoms with van der Waals surface area (Å²) in [5, 5.41) is 11.4. The molecular formula is C25H31FN4O5. The van der Waals surface area contributed by atoms with Crippen molar-refractivity contribution in [1.82, 2.24) is 15.1 Å². The van der Waals surface area contributed by atoms with Gasteiger partial charge in [0, 0.05) is 56.9 Å². The van der Waals surface area contributed by atoms with E-state index in [1.807, 2.05) is 18.2 Å². The first-order valence-corrected chi connectivity index (χ1v) is 12.4. The topological polar surface area (TPSA) is 110 Å². The van der Waals surface area contributed by atoms with Crippen LogP contribution >= 0.6 is 0 Å². The molecule has 0 bridgehead atoms. The van der Waals surface area contributed by atoms with Crippen molar-refractivity contribution in [3.63, 3.8) is 0 Å². The van der Waals surface area contributed by atoms with Gasteiger partial charge in [-0.15, -0.1) is 0 Å². The second-order valence-corrected chi connectivity index (χ2v) is 10.2. The summed E-state index contributed by atoms with van der Waals surface area (Å²) in [5.41, 5.74) is 0.423. The van der Waals surface area contributed by atoms with Gasteiger partial charge in [0.1, 0.15) is 6.04 Å². The lowest BCUT2D eigenvalue weighted by Gasteiger charge is -2.39. The van der Waals surface area contributed by atoms with E-state index in [4.69, 9.17) is 5.11 Å². The van der Waals surface area contributed by atoms with Gasteiger partial charge < -0.3 is 14.9 Å². The Balaban J connectivity index is 1.15. The summed E-state index contributed by atoms with van der Waals surface area (Å²) >= 11 is 0. The number of carbonyl (C=O) groups excluding carboxylic acids is 3. The van der Waals surface area contributed by atoms with Crippen LogP contribution in [0.3, 0.4) is 0 Å². The van der Waals surface area contributed by atoms with Crippen molar-refractivity contribution < 1.29 is 28.7 Å². The van der Waals surface area contributed by atoms with E-state index in [1.54, 1.807) is 4.90 Å². The van der Waals surface area contributed by atoms with Gasteiger partial charge in [0.25, 0.3) is 5.91 Å². The molecule has 3 aliphatic heterocycles. The zero-order chi connectivity index (χ0) is 24.7. The molecule has 5 rings (SSSR count). The smallest absolute Gasteiger partial charge is 0.341 e. The van der Waals surface area contributed by atoms with Crippen molar-refractivity contribution in [2.24, 2.45) is 5.92 Å². The van der Waals surface area contributed by atoms with Gasteiger partial charge in [-0.2, -0.15) is 0 Å². The number of rotatable bonds is 5. The number of hydrogen-bond acceptors (Lipinski definition) is 6. The molecule has 3 fully saturated rings. The van der Waals surface area contributed by atoms with Crippen LogP contribution in [0.15, 0.2) is 18.2 Å². The number of carbonyl (C=O) groups is 4. The lowest BCUT2D eigenvalue weighted by molar-refractivity contribution is -0.154. The number of anilines is 1. The second-order valence-electron chi connectivity index (χ2n) is 10.2. The van der Waals surface area contributed by atoms with Crippen LogP contribution in [0.4, 0.5) is 10.1 Å². The van der Waals surface area contributed by atoms with Gasteiger partial charge in [-0.3, -0.25) is 24.6 Å². The van der Waals surface area contributed by atoms with Gasteiger partial charge in [-0.25, -0.2) is 9.18 Å². The highest BCUT2D eigenvalue weighted by atomic mass is 19.1. The number of amides is 3. The number of hydrogen-bond donors (Lipinski definition) is 2. The van der Waals surface area contributed by atoms with E-state index in [0.717, 1.165) is 44.0 Å². The molecule has 3 amide bonds. The summed E-state index contributed by atoms with van der Waals surface area (Å²) in [5.74, 6) is -1.89. The molecule has 35 heavy (non-hydrogen) atoms. The number of alkyl halides is 1. The Kier molecular flexibility index (Phi) is 6.25. The molecule has 1 atom stereocenters. The monoisotopic (exact) mass is 486 g/mol. The van der Waals surface area contributed by atoms with Gasteiger partial charge in [-0.1, -0.05) is 6.07 Å². The summed E-state index contributed by atoms with van der Waals surface area (Å²) in [6, 6.07) is 5.27. The number of piperidine rings is 1. The van der Waals surface area contributed by atoms with E-state index in [0.29, 0.717) is 37.3 Å². The molecule has 3 heterocycles. The standard InChI is InChI=1S/C25H31FN4O5/c26-25(24(34)35)7-5-16(6-8-25)14-28-9-11-29(12-10-28)18-2-1-17-15-30(23(33)19(17)13-18)20-3-4-21(31)27-22(20)32/h1-2,13,16,20H,3-12,14-15H2,(H,34,35)(H,27,31,32)/t16?,20-,25?/m0/s1. The summed E-state index contributed by atoms with van der Waals surface area (Å²) in [4.78, 5) is 54.1. The zero-order valence-electron chi connectivity index (χ0n) is 19.7. The number of carboxylic acid groups (broad SMARTS) is 1. The third kappa shape index (κ3) is 4.63. The minimum atomic E-state index is -2.06. The number of fused-ring (bicyclic) bond motifs is 1. The van der Waals surface area contributed by atoms with Crippen LogP contribution in [0.5, 0.6) is 0 Å². The molecule has 0 aromatic heterocycles. The minimum absolute atomic E-state index is 0.0892. The van der Waals surface area contributed by atoms with E-state index in [1.165, 1.54) is 0 Å². The molecule has 2 N–H and O–H groups in total. The lowest BCUT2D eigenvalue weighted by Crippen LogP contribution is -2.52. The van der Waals surface area contributed by atoms with Crippen molar-refractivity contribution in [3.05, 3.63) is 29.3 Å². The lowest BCUT2D eigenvalue weighted by atomic mass is 9.79. The molecular weight excluding hydrogens is 455 g/mol. The highest BCUT2D eigenvalue weighted by Crippen LogP contribution is 2.36. The number of aliphatic carboxylic acids is 1. The number of benzene rings is 1. The van der Waals surface area contributed by atoms with Crippen molar-refractivity contribution in [2.75, 3.05) is 37.6 Å². The summed E-state index contributed by atoms with van der Waals surface area (Å²) in [7, 11) is 0. The number of halogens is 1. The maximum absolute atomic E-state index is 14.3. The summed E-state index contributed by atoms with van der Waals surface area (Å²) in [6.07, 6.45) is 1.96.